The number of anilines is 1. The first-order valence-electron chi connectivity index (χ1n) is 10.5. The molecule has 1 unspecified atom stereocenters. The van der Waals surface area contributed by atoms with E-state index in [4.69, 9.17) is 4.74 Å². The van der Waals surface area contributed by atoms with Gasteiger partial charge in [-0.1, -0.05) is 18.2 Å². The van der Waals surface area contributed by atoms with Crippen molar-refractivity contribution in [1.29, 1.82) is 0 Å². The number of hydrogen-bond donors (Lipinski definition) is 1. The first-order chi connectivity index (χ1) is 14.6. The molecule has 0 bridgehead atoms. The summed E-state index contributed by atoms with van der Waals surface area (Å²) in [7, 11) is 0. The van der Waals surface area contributed by atoms with Gasteiger partial charge in [0, 0.05) is 16.5 Å². The van der Waals surface area contributed by atoms with E-state index in [0.717, 1.165) is 62.6 Å². The number of rotatable bonds is 5. The largest absolute Gasteiger partial charge is 0.462 e. The quantitative estimate of drug-likeness (QED) is 0.524. The van der Waals surface area contributed by atoms with Gasteiger partial charge in [-0.15, -0.1) is 11.3 Å². The highest BCUT2D eigenvalue weighted by Gasteiger charge is 2.32. The highest BCUT2D eigenvalue weighted by Crippen LogP contribution is 2.38. The molecule has 0 spiro atoms. The Bertz CT molecular complexity index is 935. The fourth-order valence-corrected chi connectivity index (χ4v) is 6.48. The number of thioether (sulfide) groups is 1. The van der Waals surface area contributed by atoms with Crippen molar-refractivity contribution < 1.29 is 19.1 Å². The lowest BCUT2D eigenvalue weighted by molar-refractivity contribution is -0.113. The molecule has 3 aliphatic rings. The number of ether oxygens (including phenoxy) is 1. The van der Waals surface area contributed by atoms with E-state index in [1.54, 1.807) is 6.92 Å². The van der Waals surface area contributed by atoms with Gasteiger partial charge in [0.15, 0.2) is 0 Å². The maximum absolute atomic E-state index is 12.7. The maximum Gasteiger partial charge on any atom is 0.367 e. The van der Waals surface area contributed by atoms with Crippen LogP contribution >= 0.6 is 23.1 Å². The molecule has 3 amide bonds. The van der Waals surface area contributed by atoms with Gasteiger partial charge in [-0.3, -0.25) is 4.79 Å². The fourth-order valence-electron chi connectivity index (χ4n) is 4.23. The summed E-state index contributed by atoms with van der Waals surface area (Å²) >= 11 is 2.78. The standard InChI is InChI=1S/C21H25N3O4S2/c1-2-28-20(26)17-13-7-4-3-5-10-15(13)30-19(17)23-16(25)11-29-18-12-8-6-9-14(12)22-21(27)24-18/h12H,2-11H2,1H3,(H,23,25). The summed E-state index contributed by atoms with van der Waals surface area (Å²) in [6.07, 6.45) is 7.79. The van der Waals surface area contributed by atoms with Gasteiger partial charge in [0.25, 0.3) is 0 Å². The Hall–Kier alpha value is -2.00. The minimum absolute atomic E-state index is 0.0772. The first-order valence-corrected chi connectivity index (χ1v) is 12.3. The number of aliphatic imine (C=N–C) groups is 2. The number of carbonyl (C=O) groups is 3. The topological polar surface area (TPSA) is 97.2 Å². The Labute approximate surface area is 183 Å². The van der Waals surface area contributed by atoms with E-state index < -0.39 is 6.03 Å². The fraction of sp³-hybridized carbons (Fsp3) is 0.571. The highest BCUT2D eigenvalue weighted by atomic mass is 32.2. The maximum atomic E-state index is 12.7. The van der Waals surface area contributed by atoms with Crippen LogP contribution in [-0.4, -0.2) is 41.0 Å². The predicted molar refractivity (Wildman–Crippen MR) is 120 cm³/mol. The third-order valence-corrected chi connectivity index (χ3v) is 7.86. The number of carbonyl (C=O) groups excluding carboxylic acids is 3. The van der Waals surface area contributed by atoms with Gasteiger partial charge < -0.3 is 10.1 Å². The molecule has 2 aliphatic carbocycles. The molecule has 1 N–H and O–H groups in total. The van der Waals surface area contributed by atoms with E-state index in [0.29, 0.717) is 22.2 Å². The summed E-state index contributed by atoms with van der Waals surface area (Å²) in [6.45, 7) is 2.08. The van der Waals surface area contributed by atoms with Crippen LogP contribution in [-0.2, 0) is 22.4 Å². The lowest BCUT2D eigenvalue weighted by Crippen LogP contribution is -2.24. The second kappa shape index (κ2) is 9.43. The Morgan fingerprint density at radius 1 is 1.17 bits per heavy atom. The van der Waals surface area contributed by atoms with Gasteiger partial charge in [-0.2, -0.15) is 4.99 Å². The lowest BCUT2D eigenvalue weighted by Gasteiger charge is -2.16. The Morgan fingerprint density at radius 2 is 2.00 bits per heavy atom. The van der Waals surface area contributed by atoms with E-state index in [2.05, 4.69) is 15.3 Å². The number of thiophene rings is 1. The predicted octanol–water partition coefficient (Wildman–Crippen LogP) is 4.64. The number of nitrogens with one attached hydrogen (secondary N) is 1. The molecular formula is C21H25N3O4S2. The van der Waals surface area contributed by atoms with Crippen molar-refractivity contribution in [1.82, 2.24) is 0 Å². The molecule has 1 atom stereocenters. The van der Waals surface area contributed by atoms with Gasteiger partial charge in [-0.05, 0) is 57.4 Å². The number of fused-ring (bicyclic) bond motifs is 2. The minimum Gasteiger partial charge on any atom is -0.462 e. The molecule has 9 heteroatoms. The molecule has 1 fully saturated rings. The van der Waals surface area contributed by atoms with Crippen LogP contribution in [0.1, 0.15) is 66.2 Å². The van der Waals surface area contributed by atoms with Crippen LogP contribution in [0.2, 0.25) is 0 Å². The van der Waals surface area contributed by atoms with Crippen LogP contribution in [0.25, 0.3) is 0 Å². The molecule has 30 heavy (non-hydrogen) atoms. The summed E-state index contributed by atoms with van der Waals surface area (Å²) in [6, 6.07) is -0.474. The van der Waals surface area contributed by atoms with E-state index in [-0.39, 0.29) is 23.5 Å². The Kier molecular flexibility index (Phi) is 6.67. The summed E-state index contributed by atoms with van der Waals surface area (Å²) in [4.78, 5) is 46.3. The smallest absolute Gasteiger partial charge is 0.367 e. The lowest BCUT2D eigenvalue weighted by atomic mass is 10.1. The number of amides is 3. The second-order valence-electron chi connectivity index (χ2n) is 7.61. The SMILES string of the molecule is CCOC(=O)c1c(NC(=O)CSC2=NC(=O)N=C3CCCC32)sc2c1CCCCC2. The zero-order valence-corrected chi connectivity index (χ0v) is 18.6. The van der Waals surface area contributed by atoms with Crippen LogP contribution in [0.5, 0.6) is 0 Å². The normalized spacial score (nSPS) is 20.6. The number of esters is 1. The monoisotopic (exact) mass is 447 g/mol. The van der Waals surface area contributed by atoms with E-state index >= 15 is 0 Å². The average Bonchev–Trinajstić information content (AvgIpc) is 3.24. The number of urea groups is 1. The second-order valence-corrected chi connectivity index (χ2v) is 9.71. The van der Waals surface area contributed by atoms with Crippen molar-refractivity contribution >= 4 is 56.8 Å². The van der Waals surface area contributed by atoms with Crippen molar-refractivity contribution in [3.63, 3.8) is 0 Å². The number of hydrogen-bond acceptors (Lipinski definition) is 6. The molecular weight excluding hydrogens is 422 g/mol. The molecule has 7 nitrogen and oxygen atoms in total. The zero-order valence-electron chi connectivity index (χ0n) is 17.0. The molecule has 1 saturated carbocycles. The van der Waals surface area contributed by atoms with E-state index in [1.807, 2.05) is 0 Å². The highest BCUT2D eigenvalue weighted by molar-refractivity contribution is 8.14. The molecule has 1 aliphatic heterocycles. The van der Waals surface area contributed by atoms with Crippen molar-refractivity contribution in [2.75, 3.05) is 17.7 Å². The molecule has 2 heterocycles. The molecule has 4 rings (SSSR count). The van der Waals surface area contributed by atoms with E-state index in [9.17, 15) is 14.4 Å². The summed E-state index contributed by atoms with van der Waals surface area (Å²) < 4.78 is 5.27. The Morgan fingerprint density at radius 3 is 2.83 bits per heavy atom. The molecule has 1 aromatic rings. The van der Waals surface area contributed by atoms with Crippen LogP contribution in [0, 0.1) is 5.92 Å². The van der Waals surface area contributed by atoms with Crippen LogP contribution in [0.4, 0.5) is 9.80 Å². The van der Waals surface area contributed by atoms with Crippen LogP contribution in [0.3, 0.4) is 0 Å². The molecule has 0 aromatic carbocycles. The van der Waals surface area contributed by atoms with Gasteiger partial charge >= 0.3 is 12.0 Å². The summed E-state index contributed by atoms with van der Waals surface area (Å²) in [5.41, 5.74) is 2.45. The van der Waals surface area contributed by atoms with E-state index in [1.165, 1.54) is 28.0 Å². The van der Waals surface area contributed by atoms with Crippen LogP contribution in [0.15, 0.2) is 9.98 Å². The number of aryl methyl sites for hydroxylation is 1. The van der Waals surface area contributed by atoms with Crippen molar-refractivity contribution in [2.24, 2.45) is 15.9 Å². The van der Waals surface area contributed by atoms with Crippen molar-refractivity contribution in [3.8, 4) is 0 Å². The van der Waals surface area contributed by atoms with Gasteiger partial charge in [0.05, 0.1) is 23.0 Å². The van der Waals surface area contributed by atoms with Gasteiger partial charge in [0.2, 0.25) is 5.91 Å². The zero-order chi connectivity index (χ0) is 21.1. The van der Waals surface area contributed by atoms with Crippen LogP contribution < -0.4 is 5.32 Å². The summed E-state index contributed by atoms with van der Waals surface area (Å²) in [5, 5.41) is 4.19. The summed E-state index contributed by atoms with van der Waals surface area (Å²) in [5.74, 6) is -0.359. The first kappa shape index (κ1) is 21.2. The molecule has 0 saturated heterocycles. The van der Waals surface area contributed by atoms with Crippen molar-refractivity contribution in [3.05, 3.63) is 16.0 Å². The third-order valence-electron chi connectivity index (χ3n) is 5.58. The van der Waals surface area contributed by atoms with Gasteiger partial charge in [0.1, 0.15) is 5.00 Å². The van der Waals surface area contributed by atoms with Gasteiger partial charge in [-0.25, -0.2) is 14.6 Å². The molecule has 160 valence electrons. The Balaban J connectivity index is 1.46. The number of nitrogens with zero attached hydrogens (tertiary/aromatic N) is 2. The molecule has 1 aromatic heterocycles. The van der Waals surface area contributed by atoms with Crippen molar-refractivity contribution in [2.45, 2.75) is 58.3 Å². The minimum atomic E-state index is -0.474. The molecule has 0 radical (unpaired) electrons. The average molecular weight is 448 g/mol. The third kappa shape index (κ3) is 4.51.